The fourth-order valence-electron chi connectivity index (χ4n) is 2.17. The van der Waals surface area contributed by atoms with Gasteiger partial charge in [-0.15, -0.1) is 0 Å². The fourth-order valence-corrected chi connectivity index (χ4v) is 3.63. The number of thiazole rings is 1. The number of nitrogens with zero attached hydrogens (tertiary/aromatic N) is 1. The van der Waals surface area contributed by atoms with Crippen LogP contribution in [0.15, 0.2) is 10.4 Å². The number of aromatic nitrogens is 1. The summed E-state index contributed by atoms with van der Waals surface area (Å²) in [7, 11) is -3.68. The molecule has 0 saturated heterocycles. The number of hydrogen-bond acceptors (Lipinski definition) is 6. The van der Waals surface area contributed by atoms with E-state index < -0.39 is 16.1 Å². The van der Waals surface area contributed by atoms with Gasteiger partial charge in [0, 0.05) is 6.54 Å². The van der Waals surface area contributed by atoms with Crippen LogP contribution in [0.3, 0.4) is 0 Å². The lowest BCUT2D eigenvalue weighted by Gasteiger charge is -2.17. The van der Waals surface area contributed by atoms with E-state index >= 15 is 0 Å². The minimum Gasteiger partial charge on any atom is -0.391 e. The summed E-state index contributed by atoms with van der Waals surface area (Å²) in [5, 5.41) is 18.4. The van der Waals surface area contributed by atoms with Gasteiger partial charge in [0.2, 0.25) is 10.0 Å². The molecule has 18 heavy (non-hydrogen) atoms. The SMILES string of the molecule is NS(=O)(=O)c1cnc(NCC(O)C2CCCC2)s1. The van der Waals surface area contributed by atoms with Crippen LogP contribution in [0.2, 0.25) is 0 Å². The van der Waals surface area contributed by atoms with E-state index in [4.69, 9.17) is 5.14 Å². The van der Waals surface area contributed by atoms with Gasteiger partial charge < -0.3 is 10.4 Å². The minimum absolute atomic E-state index is 0.0281. The first-order chi connectivity index (χ1) is 8.47. The molecule has 1 saturated carbocycles. The first kappa shape index (κ1) is 13.7. The Morgan fingerprint density at radius 2 is 2.22 bits per heavy atom. The van der Waals surface area contributed by atoms with Gasteiger partial charge in [0.1, 0.15) is 0 Å². The summed E-state index contributed by atoms with van der Waals surface area (Å²) < 4.78 is 22.2. The van der Waals surface area contributed by atoms with E-state index in [0.717, 1.165) is 24.2 Å². The zero-order valence-corrected chi connectivity index (χ0v) is 11.5. The molecular weight excluding hydrogens is 274 g/mol. The lowest BCUT2D eigenvalue weighted by atomic mass is 10.0. The number of sulfonamides is 1. The van der Waals surface area contributed by atoms with Gasteiger partial charge in [-0.2, -0.15) is 0 Å². The van der Waals surface area contributed by atoms with Gasteiger partial charge in [0.15, 0.2) is 9.34 Å². The first-order valence-corrected chi connectivity index (χ1v) is 8.23. The predicted octanol–water partition coefficient (Wildman–Crippen LogP) is 0.753. The molecule has 1 fully saturated rings. The monoisotopic (exact) mass is 291 g/mol. The van der Waals surface area contributed by atoms with Crippen LogP contribution in [0.4, 0.5) is 5.13 Å². The maximum absolute atomic E-state index is 11.1. The molecule has 1 aliphatic carbocycles. The topological polar surface area (TPSA) is 105 Å². The number of aliphatic hydroxyl groups is 1. The second kappa shape index (κ2) is 5.52. The van der Waals surface area contributed by atoms with Gasteiger partial charge >= 0.3 is 0 Å². The van der Waals surface area contributed by atoms with Gasteiger partial charge in [0.05, 0.1) is 12.3 Å². The number of anilines is 1. The summed E-state index contributed by atoms with van der Waals surface area (Å²) in [6.07, 6.45) is 5.29. The molecule has 0 aliphatic heterocycles. The molecule has 0 amide bonds. The average Bonchev–Trinajstić information content (AvgIpc) is 2.96. The van der Waals surface area contributed by atoms with Gasteiger partial charge in [-0.1, -0.05) is 24.2 Å². The summed E-state index contributed by atoms with van der Waals surface area (Å²) in [5.74, 6) is 0.343. The molecule has 1 aromatic rings. The van der Waals surface area contributed by atoms with E-state index in [1.807, 2.05) is 0 Å². The molecule has 0 spiro atoms. The zero-order valence-electron chi connectivity index (χ0n) is 9.87. The summed E-state index contributed by atoms with van der Waals surface area (Å²) in [6, 6.07) is 0. The van der Waals surface area contributed by atoms with Crippen LogP contribution in [0, 0.1) is 5.92 Å². The first-order valence-electron chi connectivity index (χ1n) is 5.87. The Balaban J connectivity index is 1.88. The number of aliphatic hydroxyl groups excluding tert-OH is 1. The Morgan fingerprint density at radius 1 is 1.56 bits per heavy atom. The number of rotatable bonds is 5. The number of nitrogens with one attached hydrogen (secondary N) is 1. The van der Waals surface area contributed by atoms with Gasteiger partial charge in [-0.05, 0) is 18.8 Å². The van der Waals surface area contributed by atoms with E-state index in [1.54, 1.807) is 0 Å². The maximum atomic E-state index is 11.1. The van der Waals surface area contributed by atoms with Crippen LogP contribution >= 0.6 is 11.3 Å². The second-order valence-electron chi connectivity index (χ2n) is 4.52. The molecule has 1 atom stereocenters. The number of primary sulfonamides is 1. The Hall–Kier alpha value is -0.700. The van der Waals surface area contributed by atoms with Crippen molar-refractivity contribution < 1.29 is 13.5 Å². The molecule has 0 bridgehead atoms. The van der Waals surface area contributed by atoms with Crippen molar-refractivity contribution in [3.63, 3.8) is 0 Å². The van der Waals surface area contributed by atoms with Crippen molar-refractivity contribution in [2.75, 3.05) is 11.9 Å². The predicted molar refractivity (Wildman–Crippen MR) is 69.9 cm³/mol. The third-order valence-corrected chi connectivity index (χ3v) is 5.53. The van der Waals surface area contributed by atoms with Crippen LogP contribution in [0.25, 0.3) is 0 Å². The van der Waals surface area contributed by atoms with Crippen molar-refractivity contribution in [3.8, 4) is 0 Å². The lowest BCUT2D eigenvalue weighted by molar-refractivity contribution is 0.123. The van der Waals surface area contributed by atoms with Crippen molar-refractivity contribution in [1.82, 2.24) is 4.98 Å². The molecule has 2 rings (SSSR count). The Kier molecular flexibility index (Phi) is 4.21. The van der Waals surface area contributed by atoms with Gasteiger partial charge in [-0.3, -0.25) is 0 Å². The van der Waals surface area contributed by atoms with E-state index in [9.17, 15) is 13.5 Å². The normalized spacial score (nSPS) is 19.0. The third-order valence-electron chi connectivity index (χ3n) is 3.17. The highest BCUT2D eigenvalue weighted by atomic mass is 32.2. The smallest absolute Gasteiger partial charge is 0.249 e. The molecule has 1 aliphatic rings. The van der Waals surface area contributed by atoms with Crippen molar-refractivity contribution in [2.45, 2.75) is 36.0 Å². The fraction of sp³-hybridized carbons (Fsp3) is 0.700. The molecule has 1 heterocycles. The largest absolute Gasteiger partial charge is 0.391 e. The zero-order chi connectivity index (χ0) is 13.2. The molecule has 8 heteroatoms. The van der Waals surface area contributed by atoms with Crippen molar-refractivity contribution in [3.05, 3.63) is 6.20 Å². The summed E-state index contributed by atoms with van der Waals surface area (Å²) in [6.45, 7) is 0.391. The molecule has 6 nitrogen and oxygen atoms in total. The van der Waals surface area contributed by atoms with Crippen LogP contribution in [-0.2, 0) is 10.0 Å². The quantitative estimate of drug-likeness (QED) is 0.742. The second-order valence-corrected chi connectivity index (χ2v) is 7.34. The Labute approximate surface area is 110 Å². The van der Waals surface area contributed by atoms with Crippen LogP contribution in [0.5, 0.6) is 0 Å². The Bertz CT molecular complexity index is 494. The standard InChI is InChI=1S/C10H17N3O3S2/c11-18(15,16)9-6-13-10(17-9)12-5-8(14)7-3-1-2-4-7/h6-8,14H,1-5H2,(H,12,13)(H2,11,15,16). The summed E-state index contributed by atoms with van der Waals surface area (Å²) in [5.41, 5.74) is 0. The molecule has 1 aromatic heterocycles. The minimum atomic E-state index is -3.68. The van der Waals surface area contributed by atoms with E-state index in [1.165, 1.54) is 19.0 Å². The van der Waals surface area contributed by atoms with Crippen LogP contribution < -0.4 is 10.5 Å². The third kappa shape index (κ3) is 3.41. The summed E-state index contributed by atoms with van der Waals surface area (Å²) in [4.78, 5) is 3.92. The molecule has 102 valence electrons. The highest BCUT2D eigenvalue weighted by molar-refractivity contribution is 7.91. The highest BCUT2D eigenvalue weighted by Crippen LogP contribution is 2.28. The lowest BCUT2D eigenvalue weighted by Crippen LogP contribution is -2.26. The number of hydrogen-bond donors (Lipinski definition) is 3. The molecule has 1 unspecified atom stereocenters. The van der Waals surface area contributed by atoms with E-state index in [2.05, 4.69) is 10.3 Å². The highest BCUT2D eigenvalue weighted by Gasteiger charge is 2.23. The van der Waals surface area contributed by atoms with Crippen LogP contribution in [0.1, 0.15) is 25.7 Å². The maximum Gasteiger partial charge on any atom is 0.249 e. The van der Waals surface area contributed by atoms with Gasteiger partial charge in [0.25, 0.3) is 0 Å². The number of nitrogens with two attached hydrogens (primary N) is 1. The molecule has 0 radical (unpaired) electrons. The van der Waals surface area contributed by atoms with Crippen molar-refractivity contribution in [1.29, 1.82) is 0 Å². The summed E-state index contributed by atoms with van der Waals surface area (Å²) >= 11 is 0.978. The van der Waals surface area contributed by atoms with E-state index in [0.29, 0.717) is 17.6 Å². The Morgan fingerprint density at radius 3 is 2.78 bits per heavy atom. The van der Waals surface area contributed by atoms with E-state index in [-0.39, 0.29) is 4.21 Å². The molecule has 4 N–H and O–H groups in total. The van der Waals surface area contributed by atoms with Crippen LogP contribution in [-0.4, -0.2) is 31.2 Å². The van der Waals surface area contributed by atoms with Gasteiger partial charge in [-0.25, -0.2) is 18.5 Å². The van der Waals surface area contributed by atoms with Crippen molar-refractivity contribution >= 4 is 26.5 Å². The molecular formula is C10H17N3O3S2. The van der Waals surface area contributed by atoms with Crippen molar-refractivity contribution in [2.24, 2.45) is 11.1 Å². The average molecular weight is 291 g/mol. The molecule has 0 aromatic carbocycles.